The topological polar surface area (TPSA) is 87.1 Å². The summed E-state index contributed by atoms with van der Waals surface area (Å²) >= 11 is 0. The van der Waals surface area contributed by atoms with Crippen LogP contribution >= 0.6 is 0 Å². The number of amides is 1. The normalized spacial score (nSPS) is 18.4. The molecule has 0 unspecified atom stereocenters. The highest BCUT2D eigenvalue weighted by Gasteiger charge is 2.25. The van der Waals surface area contributed by atoms with Gasteiger partial charge in [0, 0.05) is 50.3 Å². The van der Waals surface area contributed by atoms with Crippen LogP contribution < -0.4 is 10.2 Å². The van der Waals surface area contributed by atoms with Crippen molar-refractivity contribution in [2.75, 3.05) is 36.4 Å². The number of nitrogens with zero attached hydrogens (tertiary/aromatic N) is 6. The molecular weight excluding hydrogens is 366 g/mol. The zero-order valence-corrected chi connectivity index (χ0v) is 17.0. The number of aromatic nitrogens is 4. The Kier molecular flexibility index (Phi) is 6.17. The van der Waals surface area contributed by atoms with Gasteiger partial charge in [0.1, 0.15) is 5.69 Å². The zero-order valence-electron chi connectivity index (χ0n) is 17.0. The highest BCUT2D eigenvalue weighted by atomic mass is 16.2. The molecule has 8 nitrogen and oxygen atoms in total. The van der Waals surface area contributed by atoms with Gasteiger partial charge in [-0.05, 0) is 31.9 Å². The van der Waals surface area contributed by atoms with Gasteiger partial charge in [-0.15, -0.1) is 0 Å². The molecule has 29 heavy (non-hydrogen) atoms. The Labute approximate surface area is 171 Å². The van der Waals surface area contributed by atoms with Crippen LogP contribution in [0.5, 0.6) is 0 Å². The number of anilines is 2. The third kappa shape index (κ3) is 4.99. The monoisotopic (exact) mass is 395 g/mol. The second-order valence-electron chi connectivity index (χ2n) is 7.88. The third-order valence-electron chi connectivity index (χ3n) is 5.66. The molecule has 0 spiro atoms. The van der Waals surface area contributed by atoms with E-state index in [9.17, 15) is 4.79 Å². The third-order valence-corrected chi connectivity index (χ3v) is 5.66. The van der Waals surface area contributed by atoms with Gasteiger partial charge >= 0.3 is 0 Å². The Balaban J connectivity index is 1.40. The molecule has 0 aromatic carbocycles. The predicted molar refractivity (Wildman–Crippen MR) is 112 cm³/mol. The van der Waals surface area contributed by atoms with Crippen LogP contribution in [0, 0.1) is 6.92 Å². The van der Waals surface area contributed by atoms with Crippen molar-refractivity contribution >= 4 is 17.8 Å². The van der Waals surface area contributed by atoms with Crippen LogP contribution in [-0.4, -0.2) is 63.0 Å². The number of hydrogen-bond acceptors (Lipinski definition) is 7. The van der Waals surface area contributed by atoms with Crippen LogP contribution in [-0.2, 0) is 0 Å². The lowest BCUT2D eigenvalue weighted by molar-refractivity contribution is 0.0740. The average Bonchev–Trinajstić information content (AvgIpc) is 3.02. The van der Waals surface area contributed by atoms with Gasteiger partial charge in [-0.2, -0.15) is 0 Å². The van der Waals surface area contributed by atoms with Crippen LogP contribution in [0.2, 0.25) is 0 Å². The Morgan fingerprint density at radius 2 is 1.69 bits per heavy atom. The van der Waals surface area contributed by atoms with Crippen molar-refractivity contribution in [3.8, 4) is 0 Å². The molecule has 0 bridgehead atoms. The van der Waals surface area contributed by atoms with Gasteiger partial charge in [0.05, 0.1) is 0 Å². The molecule has 3 heterocycles. The number of nitrogens with one attached hydrogen (secondary N) is 1. The van der Waals surface area contributed by atoms with Gasteiger partial charge in [-0.3, -0.25) is 4.79 Å². The number of aryl methyl sites for hydroxylation is 1. The smallest absolute Gasteiger partial charge is 0.272 e. The summed E-state index contributed by atoms with van der Waals surface area (Å²) in [5.41, 5.74) is 1.29. The summed E-state index contributed by atoms with van der Waals surface area (Å²) in [5.74, 6) is 1.26. The minimum atomic E-state index is -0.0342. The first-order valence-corrected chi connectivity index (χ1v) is 10.6. The maximum Gasteiger partial charge on any atom is 0.272 e. The zero-order chi connectivity index (χ0) is 20.1. The van der Waals surface area contributed by atoms with E-state index in [2.05, 4.69) is 30.2 Å². The van der Waals surface area contributed by atoms with E-state index >= 15 is 0 Å². The van der Waals surface area contributed by atoms with Gasteiger partial charge in [-0.1, -0.05) is 25.7 Å². The summed E-state index contributed by atoms with van der Waals surface area (Å²) in [7, 11) is 0. The number of hydrogen-bond donors (Lipinski definition) is 1. The van der Waals surface area contributed by atoms with Crippen molar-refractivity contribution in [3.05, 3.63) is 35.9 Å². The lowest BCUT2D eigenvalue weighted by atomic mass is 10.1. The molecule has 2 aliphatic rings. The lowest BCUT2D eigenvalue weighted by Gasteiger charge is -2.34. The molecule has 2 aromatic rings. The van der Waals surface area contributed by atoms with E-state index in [-0.39, 0.29) is 5.91 Å². The molecule has 1 aliphatic heterocycles. The molecular formula is C21H29N7O. The maximum absolute atomic E-state index is 13.1. The van der Waals surface area contributed by atoms with E-state index in [1.165, 1.54) is 25.7 Å². The van der Waals surface area contributed by atoms with Gasteiger partial charge in [0.2, 0.25) is 11.9 Å². The molecule has 8 heteroatoms. The van der Waals surface area contributed by atoms with Crippen molar-refractivity contribution in [1.82, 2.24) is 24.8 Å². The molecule has 1 aliphatic carbocycles. The van der Waals surface area contributed by atoms with Gasteiger partial charge < -0.3 is 15.1 Å². The Morgan fingerprint density at radius 1 is 1.00 bits per heavy atom. The number of piperazine rings is 1. The van der Waals surface area contributed by atoms with Crippen molar-refractivity contribution in [2.24, 2.45) is 0 Å². The maximum atomic E-state index is 13.1. The molecule has 2 aromatic heterocycles. The summed E-state index contributed by atoms with van der Waals surface area (Å²) in [6.45, 7) is 4.61. The van der Waals surface area contributed by atoms with Crippen LogP contribution in [0.4, 0.5) is 11.9 Å². The summed E-state index contributed by atoms with van der Waals surface area (Å²) in [6, 6.07) is 3.99. The Hall–Kier alpha value is -2.77. The first kappa shape index (κ1) is 19.5. The van der Waals surface area contributed by atoms with Crippen molar-refractivity contribution in [1.29, 1.82) is 0 Å². The van der Waals surface area contributed by atoms with E-state index < -0.39 is 0 Å². The highest BCUT2D eigenvalue weighted by molar-refractivity contribution is 5.92. The predicted octanol–water partition coefficient (Wildman–Crippen LogP) is 2.67. The van der Waals surface area contributed by atoms with Crippen molar-refractivity contribution in [2.45, 2.75) is 51.5 Å². The quantitative estimate of drug-likeness (QED) is 0.796. The second kappa shape index (κ2) is 9.15. The van der Waals surface area contributed by atoms with E-state index in [0.717, 1.165) is 18.5 Å². The molecule has 154 valence electrons. The molecule has 4 rings (SSSR count). The fourth-order valence-electron chi connectivity index (χ4n) is 4.07. The number of rotatable bonds is 4. The van der Waals surface area contributed by atoms with Crippen LogP contribution in [0.25, 0.3) is 0 Å². The molecule has 0 atom stereocenters. The second-order valence-corrected chi connectivity index (χ2v) is 7.88. The minimum Gasteiger partial charge on any atom is -0.351 e. The Bertz CT molecular complexity index is 813. The standard InChI is InChI=1S/C21H29N7O/c1-16-15-18(26-20(24-16)25-17-7-4-2-3-5-8-17)19(29)27-11-13-28(14-12-27)21-22-9-6-10-23-21/h6,9-10,15,17H,2-5,7-8,11-14H2,1H3,(H,24,25,26). The van der Waals surface area contributed by atoms with E-state index in [4.69, 9.17) is 0 Å². The van der Waals surface area contributed by atoms with Crippen molar-refractivity contribution < 1.29 is 4.79 Å². The highest BCUT2D eigenvalue weighted by Crippen LogP contribution is 2.20. The fraction of sp³-hybridized carbons (Fsp3) is 0.571. The Morgan fingerprint density at radius 3 is 2.38 bits per heavy atom. The first-order chi connectivity index (χ1) is 14.2. The molecule has 1 saturated heterocycles. The molecule has 1 saturated carbocycles. The summed E-state index contributed by atoms with van der Waals surface area (Å²) in [6.07, 6.45) is 10.9. The van der Waals surface area contributed by atoms with Crippen LogP contribution in [0.15, 0.2) is 24.5 Å². The average molecular weight is 396 g/mol. The van der Waals surface area contributed by atoms with E-state index in [1.54, 1.807) is 24.5 Å². The lowest BCUT2D eigenvalue weighted by Crippen LogP contribution is -2.49. The first-order valence-electron chi connectivity index (χ1n) is 10.6. The summed E-state index contributed by atoms with van der Waals surface area (Å²) in [4.78, 5) is 34.7. The van der Waals surface area contributed by atoms with E-state index in [1.807, 2.05) is 11.8 Å². The largest absolute Gasteiger partial charge is 0.351 e. The van der Waals surface area contributed by atoms with Gasteiger partial charge in [-0.25, -0.2) is 19.9 Å². The van der Waals surface area contributed by atoms with Gasteiger partial charge in [0.15, 0.2) is 0 Å². The SMILES string of the molecule is Cc1cc(C(=O)N2CCN(c3ncccn3)CC2)nc(NC2CCCCCC2)n1. The van der Waals surface area contributed by atoms with Gasteiger partial charge in [0.25, 0.3) is 5.91 Å². The van der Waals surface area contributed by atoms with E-state index in [0.29, 0.717) is 49.8 Å². The van der Waals surface area contributed by atoms with Crippen molar-refractivity contribution in [3.63, 3.8) is 0 Å². The molecule has 2 fully saturated rings. The molecule has 1 N–H and O–H groups in total. The van der Waals surface area contributed by atoms with Crippen LogP contribution in [0.1, 0.15) is 54.7 Å². The number of carbonyl (C=O) groups excluding carboxylic acids is 1. The molecule has 0 radical (unpaired) electrons. The minimum absolute atomic E-state index is 0.0342. The fourth-order valence-corrected chi connectivity index (χ4v) is 4.07. The van der Waals surface area contributed by atoms with Crippen LogP contribution in [0.3, 0.4) is 0 Å². The molecule has 1 amide bonds. The summed E-state index contributed by atoms with van der Waals surface area (Å²) in [5, 5.41) is 3.47. The summed E-state index contributed by atoms with van der Waals surface area (Å²) < 4.78 is 0. The number of carbonyl (C=O) groups is 1.